The minimum atomic E-state index is -0.684. The second-order valence-corrected chi connectivity index (χ2v) is 5.36. The van der Waals surface area contributed by atoms with Crippen LogP contribution in [-0.4, -0.2) is 32.6 Å². The molecule has 1 aliphatic rings. The van der Waals surface area contributed by atoms with Crippen LogP contribution in [0.1, 0.15) is 24.6 Å². The van der Waals surface area contributed by atoms with Crippen LogP contribution in [0.2, 0.25) is 0 Å². The lowest BCUT2D eigenvalue weighted by Gasteiger charge is -2.09. The maximum absolute atomic E-state index is 12.2. The van der Waals surface area contributed by atoms with E-state index in [0.29, 0.717) is 12.1 Å². The van der Waals surface area contributed by atoms with Crippen LogP contribution in [-0.2, 0) is 16.2 Å². The predicted molar refractivity (Wildman–Crippen MR) is 85.4 cm³/mol. The van der Waals surface area contributed by atoms with Gasteiger partial charge in [-0.2, -0.15) is 5.10 Å². The van der Waals surface area contributed by atoms with Gasteiger partial charge in [-0.05, 0) is 26.0 Å². The van der Waals surface area contributed by atoms with E-state index in [-0.39, 0.29) is 11.7 Å². The van der Waals surface area contributed by atoms with Gasteiger partial charge >= 0.3 is 0 Å². The average Bonchev–Trinajstić information content (AvgIpc) is 3.13. The third-order valence-electron chi connectivity index (χ3n) is 3.66. The SMILES string of the molecule is CCn1cc(C2=NO[C@@H](C(=O)Nc3cccc(O)c3)C2)c(C)n1. The van der Waals surface area contributed by atoms with Gasteiger partial charge in [-0.25, -0.2) is 0 Å². The molecule has 0 aliphatic carbocycles. The number of benzene rings is 1. The van der Waals surface area contributed by atoms with E-state index >= 15 is 0 Å². The molecule has 0 fully saturated rings. The maximum Gasteiger partial charge on any atom is 0.268 e. The van der Waals surface area contributed by atoms with Crippen LogP contribution in [0, 0.1) is 6.92 Å². The highest BCUT2D eigenvalue weighted by Crippen LogP contribution is 2.21. The largest absolute Gasteiger partial charge is 0.508 e. The molecule has 3 rings (SSSR count). The molecule has 2 aromatic rings. The van der Waals surface area contributed by atoms with Gasteiger partial charge in [-0.3, -0.25) is 9.48 Å². The fourth-order valence-electron chi connectivity index (χ4n) is 2.45. The van der Waals surface area contributed by atoms with Crippen LogP contribution < -0.4 is 5.32 Å². The second kappa shape index (κ2) is 6.12. The first-order valence-corrected chi connectivity index (χ1v) is 7.44. The van der Waals surface area contributed by atoms with Crippen molar-refractivity contribution in [2.45, 2.75) is 32.9 Å². The summed E-state index contributed by atoms with van der Waals surface area (Å²) in [6, 6.07) is 6.37. The van der Waals surface area contributed by atoms with Crippen LogP contribution in [0.3, 0.4) is 0 Å². The van der Waals surface area contributed by atoms with Crippen molar-refractivity contribution in [2.24, 2.45) is 5.16 Å². The summed E-state index contributed by atoms with van der Waals surface area (Å²) in [5.74, 6) is -0.204. The molecular weight excluding hydrogens is 296 g/mol. The van der Waals surface area contributed by atoms with Crippen molar-refractivity contribution in [3.63, 3.8) is 0 Å². The van der Waals surface area contributed by atoms with Crippen molar-refractivity contribution in [2.75, 3.05) is 5.32 Å². The van der Waals surface area contributed by atoms with Gasteiger partial charge in [0.25, 0.3) is 5.91 Å². The number of aromatic hydroxyl groups is 1. The quantitative estimate of drug-likeness (QED) is 0.904. The van der Waals surface area contributed by atoms with E-state index < -0.39 is 6.10 Å². The van der Waals surface area contributed by atoms with Crippen molar-refractivity contribution < 1.29 is 14.7 Å². The predicted octanol–water partition coefficient (Wildman–Crippen LogP) is 2.05. The van der Waals surface area contributed by atoms with Gasteiger partial charge in [-0.15, -0.1) is 0 Å². The Kier molecular flexibility index (Phi) is 4.01. The monoisotopic (exact) mass is 314 g/mol. The topological polar surface area (TPSA) is 88.7 Å². The molecule has 0 spiro atoms. The lowest BCUT2D eigenvalue weighted by Crippen LogP contribution is -2.28. The molecule has 0 bridgehead atoms. The van der Waals surface area contributed by atoms with Crippen molar-refractivity contribution in [1.82, 2.24) is 9.78 Å². The lowest BCUT2D eigenvalue weighted by molar-refractivity contribution is -0.125. The van der Waals surface area contributed by atoms with Gasteiger partial charge in [0.2, 0.25) is 6.10 Å². The average molecular weight is 314 g/mol. The molecule has 0 saturated carbocycles. The Labute approximate surface area is 133 Å². The first-order chi connectivity index (χ1) is 11.1. The Balaban J connectivity index is 1.66. The zero-order valence-corrected chi connectivity index (χ0v) is 13.0. The standard InChI is InChI=1S/C16H18N4O3/c1-3-20-9-13(10(2)18-20)14-8-15(23-19-14)16(22)17-11-5-4-6-12(21)7-11/h4-7,9,15,21H,3,8H2,1-2H3,(H,17,22)/t15-/m1/s1. The number of aromatic nitrogens is 2. The number of carbonyl (C=O) groups excluding carboxylic acids is 1. The van der Waals surface area contributed by atoms with Crippen LogP contribution >= 0.6 is 0 Å². The molecule has 2 heterocycles. The van der Waals surface area contributed by atoms with Gasteiger partial charge in [0.1, 0.15) is 5.75 Å². The van der Waals surface area contributed by atoms with Gasteiger partial charge < -0.3 is 15.3 Å². The number of phenolic OH excluding ortho intramolecular Hbond substituents is 1. The normalized spacial score (nSPS) is 16.8. The summed E-state index contributed by atoms with van der Waals surface area (Å²) in [6.07, 6.45) is 1.62. The zero-order chi connectivity index (χ0) is 16.4. The number of hydrogen-bond acceptors (Lipinski definition) is 5. The van der Waals surface area contributed by atoms with Crippen LogP contribution in [0.5, 0.6) is 5.75 Å². The molecule has 0 unspecified atom stereocenters. The second-order valence-electron chi connectivity index (χ2n) is 5.36. The van der Waals surface area contributed by atoms with Crippen LogP contribution in [0.15, 0.2) is 35.6 Å². The molecule has 2 N–H and O–H groups in total. The molecule has 0 radical (unpaired) electrons. The van der Waals surface area contributed by atoms with Crippen molar-refractivity contribution in [1.29, 1.82) is 0 Å². The molecule has 7 heteroatoms. The summed E-state index contributed by atoms with van der Waals surface area (Å²) < 4.78 is 1.83. The van der Waals surface area contributed by atoms with Gasteiger partial charge in [0.05, 0.1) is 11.4 Å². The van der Waals surface area contributed by atoms with Gasteiger partial charge in [0.15, 0.2) is 0 Å². The Bertz CT molecular complexity index is 766. The highest BCUT2D eigenvalue weighted by molar-refractivity contribution is 6.06. The number of oxime groups is 1. The summed E-state index contributed by atoms with van der Waals surface area (Å²) >= 11 is 0. The molecule has 1 atom stereocenters. The Morgan fingerprint density at radius 1 is 1.52 bits per heavy atom. The number of amides is 1. The van der Waals surface area contributed by atoms with Crippen molar-refractivity contribution in [3.05, 3.63) is 41.7 Å². The number of hydrogen-bond donors (Lipinski definition) is 2. The first-order valence-electron chi connectivity index (χ1n) is 7.44. The van der Waals surface area contributed by atoms with E-state index in [1.54, 1.807) is 12.1 Å². The summed E-state index contributed by atoms with van der Waals surface area (Å²) in [4.78, 5) is 17.5. The summed E-state index contributed by atoms with van der Waals surface area (Å²) in [5, 5.41) is 20.5. The number of nitrogens with one attached hydrogen (secondary N) is 1. The van der Waals surface area contributed by atoms with Gasteiger partial charge in [0, 0.05) is 36.5 Å². The smallest absolute Gasteiger partial charge is 0.268 e. The van der Waals surface area contributed by atoms with Crippen LogP contribution in [0.25, 0.3) is 0 Å². The lowest BCUT2D eigenvalue weighted by atomic mass is 10.1. The van der Waals surface area contributed by atoms with E-state index in [1.807, 2.05) is 24.7 Å². The highest BCUT2D eigenvalue weighted by atomic mass is 16.6. The third-order valence-corrected chi connectivity index (χ3v) is 3.66. The van der Waals surface area contributed by atoms with E-state index in [9.17, 15) is 9.90 Å². The van der Waals surface area contributed by atoms with Crippen molar-refractivity contribution in [3.8, 4) is 5.75 Å². The molecular formula is C16H18N4O3. The molecule has 0 saturated heterocycles. The Morgan fingerprint density at radius 2 is 2.35 bits per heavy atom. The number of aryl methyl sites for hydroxylation is 2. The molecule has 7 nitrogen and oxygen atoms in total. The highest BCUT2D eigenvalue weighted by Gasteiger charge is 2.30. The number of phenols is 1. The molecule has 1 aromatic heterocycles. The summed E-state index contributed by atoms with van der Waals surface area (Å²) in [7, 11) is 0. The Hall–Kier alpha value is -2.83. The third kappa shape index (κ3) is 3.18. The number of carbonyl (C=O) groups is 1. The Morgan fingerprint density at radius 3 is 3.04 bits per heavy atom. The summed E-state index contributed by atoms with van der Waals surface area (Å²) in [6.45, 7) is 4.69. The molecule has 1 aromatic carbocycles. The number of anilines is 1. The van der Waals surface area contributed by atoms with Crippen LogP contribution in [0.4, 0.5) is 5.69 Å². The number of nitrogens with zero attached hydrogens (tertiary/aromatic N) is 3. The summed E-state index contributed by atoms with van der Waals surface area (Å²) in [5.41, 5.74) is 3.00. The first kappa shape index (κ1) is 15.1. The fraction of sp³-hybridized carbons (Fsp3) is 0.312. The number of rotatable bonds is 4. The van der Waals surface area contributed by atoms with E-state index in [0.717, 1.165) is 23.5 Å². The van der Waals surface area contributed by atoms with Gasteiger partial charge in [-0.1, -0.05) is 11.2 Å². The zero-order valence-electron chi connectivity index (χ0n) is 13.0. The molecule has 120 valence electrons. The minimum absolute atomic E-state index is 0.0923. The van der Waals surface area contributed by atoms with E-state index in [1.165, 1.54) is 12.1 Å². The fourth-order valence-corrected chi connectivity index (χ4v) is 2.45. The van der Waals surface area contributed by atoms with E-state index in [2.05, 4.69) is 15.6 Å². The maximum atomic E-state index is 12.2. The van der Waals surface area contributed by atoms with E-state index in [4.69, 9.17) is 4.84 Å². The molecule has 23 heavy (non-hydrogen) atoms. The minimum Gasteiger partial charge on any atom is -0.508 e. The molecule has 1 aliphatic heterocycles. The molecule has 1 amide bonds. The van der Waals surface area contributed by atoms with Crippen molar-refractivity contribution >= 4 is 17.3 Å².